The van der Waals surface area contributed by atoms with Crippen molar-refractivity contribution < 1.29 is 46.5 Å². The van der Waals surface area contributed by atoms with Gasteiger partial charge in [0, 0.05) is 6.07 Å². The first-order valence-electron chi connectivity index (χ1n) is 9.02. The fourth-order valence-electron chi connectivity index (χ4n) is 2.68. The Balaban J connectivity index is 1.94. The highest BCUT2D eigenvalue weighted by atomic mass is 35.5. The Morgan fingerprint density at radius 2 is 1.94 bits per heavy atom. The van der Waals surface area contributed by atoms with Crippen molar-refractivity contribution in [2.24, 2.45) is 0 Å². The number of Topliss-reactive ketones (excluding diaryl/α,β-unsaturated/α-hetero) is 1. The van der Waals surface area contributed by atoms with Gasteiger partial charge in [-0.3, -0.25) is 9.59 Å². The quantitative estimate of drug-likeness (QED) is 0.595. The third kappa shape index (κ3) is 4.98. The summed E-state index contributed by atoms with van der Waals surface area (Å²) in [6, 6.07) is 4.77. The lowest BCUT2D eigenvalue weighted by molar-refractivity contribution is -0.269. The lowest BCUT2D eigenvalue weighted by atomic mass is 10.1. The second-order valence-corrected chi connectivity index (χ2v) is 7.22. The molecule has 3 amide bonds. The average Bonchev–Trinajstić information content (AvgIpc) is 2.69. The topological polar surface area (TPSA) is 118 Å². The largest absolute Gasteiger partial charge is 0.482 e. The molecule has 0 bridgehead atoms. The predicted octanol–water partition coefficient (Wildman–Crippen LogP) is 3.33. The van der Waals surface area contributed by atoms with Gasteiger partial charge in [-0.25, -0.2) is 14.1 Å². The summed E-state index contributed by atoms with van der Waals surface area (Å²) in [7, 11) is 0. The number of aromatic nitrogens is 1. The van der Waals surface area contributed by atoms with Gasteiger partial charge in [0.2, 0.25) is 17.5 Å². The summed E-state index contributed by atoms with van der Waals surface area (Å²) in [5.74, 6) is -4.67. The molecule has 1 aliphatic heterocycles. The Morgan fingerprint density at radius 3 is 2.52 bits per heavy atom. The van der Waals surface area contributed by atoms with Gasteiger partial charge in [0.25, 0.3) is 0 Å². The molecule has 3 rings (SSSR count). The van der Waals surface area contributed by atoms with Crippen molar-refractivity contribution in [1.29, 1.82) is 0 Å². The maximum atomic E-state index is 14.5. The number of hydrogen-bond donors (Lipinski definition) is 2. The standard InChI is InChI=1S/C19H14ClF4N3O6/c1-9(28)8-32-12-4-2-3-5-13(12)33-16-10(20)6-11(21)15(25-16)27-14(29)7-18(31,19(22,23)24)26-17(27)30/h2-6,31H,7-8H2,1H3,(H,26,30). The maximum absolute atomic E-state index is 14.5. The second kappa shape index (κ2) is 8.83. The van der Waals surface area contributed by atoms with Crippen molar-refractivity contribution in [1.82, 2.24) is 10.3 Å². The van der Waals surface area contributed by atoms with Crippen LogP contribution in [0, 0.1) is 5.82 Å². The molecule has 1 unspecified atom stereocenters. The Hall–Kier alpha value is -3.45. The van der Waals surface area contributed by atoms with Crippen LogP contribution in [0.15, 0.2) is 30.3 Å². The van der Waals surface area contributed by atoms with E-state index in [9.17, 15) is 37.1 Å². The van der Waals surface area contributed by atoms with E-state index in [2.05, 4.69) is 4.98 Å². The van der Waals surface area contributed by atoms with E-state index >= 15 is 0 Å². The molecule has 14 heteroatoms. The molecule has 1 fully saturated rings. The van der Waals surface area contributed by atoms with Gasteiger partial charge in [0.05, 0.1) is 6.42 Å². The highest BCUT2D eigenvalue weighted by Crippen LogP contribution is 2.38. The van der Waals surface area contributed by atoms with Crippen LogP contribution in [0.3, 0.4) is 0 Å². The fourth-order valence-corrected chi connectivity index (χ4v) is 2.86. The fraction of sp³-hybridized carbons (Fsp3) is 0.263. The van der Waals surface area contributed by atoms with Crippen LogP contribution in [0.2, 0.25) is 5.02 Å². The number of nitrogens with zero attached hydrogens (tertiary/aromatic N) is 2. The molecule has 2 N–H and O–H groups in total. The smallest absolute Gasteiger partial charge is 0.437 e. The number of aliphatic hydroxyl groups is 1. The molecular weight excluding hydrogens is 478 g/mol. The van der Waals surface area contributed by atoms with Crippen molar-refractivity contribution in [2.45, 2.75) is 25.2 Å². The third-order valence-corrected chi connectivity index (χ3v) is 4.49. The van der Waals surface area contributed by atoms with Crippen molar-refractivity contribution >= 4 is 35.1 Å². The summed E-state index contributed by atoms with van der Waals surface area (Å²) in [6.07, 6.45) is -6.99. The lowest BCUT2D eigenvalue weighted by Crippen LogP contribution is -2.68. The van der Waals surface area contributed by atoms with Gasteiger partial charge in [-0.05, 0) is 19.1 Å². The van der Waals surface area contributed by atoms with E-state index in [0.717, 1.165) is 0 Å². The number of imide groups is 1. The number of ketones is 1. The van der Waals surface area contributed by atoms with Gasteiger partial charge in [-0.2, -0.15) is 18.2 Å². The Labute approximate surface area is 187 Å². The number of anilines is 1. The van der Waals surface area contributed by atoms with E-state index in [1.165, 1.54) is 30.4 Å². The number of carbonyl (C=O) groups excluding carboxylic acids is 3. The molecule has 2 aromatic rings. The molecule has 0 aliphatic carbocycles. The number of carbonyl (C=O) groups is 3. The van der Waals surface area contributed by atoms with Crippen LogP contribution in [-0.4, -0.2) is 46.3 Å². The second-order valence-electron chi connectivity index (χ2n) is 6.81. The number of rotatable bonds is 6. The number of halogens is 5. The Morgan fingerprint density at radius 1 is 1.30 bits per heavy atom. The number of hydrogen-bond acceptors (Lipinski definition) is 7. The molecule has 0 spiro atoms. The number of benzene rings is 1. The van der Waals surface area contributed by atoms with Gasteiger partial charge in [-0.1, -0.05) is 23.7 Å². The number of para-hydroxylation sites is 2. The van der Waals surface area contributed by atoms with Crippen molar-refractivity contribution in [3.05, 3.63) is 41.2 Å². The molecular formula is C19H14ClF4N3O6. The van der Waals surface area contributed by atoms with Crippen molar-refractivity contribution in [3.8, 4) is 17.4 Å². The van der Waals surface area contributed by atoms with Gasteiger partial charge in [0.1, 0.15) is 11.6 Å². The van der Waals surface area contributed by atoms with E-state index in [-0.39, 0.29) is 28.8 Å². The van der Waals surface area contributed by atoms with Crippen LogP contribution in [0.5, 0.6) is 17.4 Å². The summed E-state index contributed by atoms with van der Waals surface area (Å²) in [6.45, 7) is 0.995. The summed E-state index contributed by atoms with van der Waals surface area (Å²) in [5, 5.41) is 10.4. The third-order valence-electron chi connectivity index (χ3n) is 4.22. The molecule has 1 saturated heterocycles. The minimum absolute atomic E-state index is 0.0170. The lowest BCUT2D eigenvalue weighted by Gasteiger charge is -2.37. The zero-order chi connectivity index (χ0) is 24.6. The molecule has 0 saturated carbocycles. The zero-order valence-electron chi connectivity index (χ0n) is 16.6. The number of alkyl halides is 3. The molecule has 1 aromatic carbocycles. The van der Waals surface area contributed by atoms with E-state index < -0.39 is 52.8 Å². The molecule has 9 nitrogen and oxygen atoms in total. The van der Waals surface area contributed by atoms with Gasteiger partial charge in [-0.15, -0.1) is 0 Å². The molecule has 0 radical (unpaired) electrons. The first kappa shape index (κ1) is 24.2. The number of pyridine rings is 1. The monoisotopic (exact) mass is 491 g/mol. The number of urea groups is 1. The minimum atomic E-state index is -5.37. The van der Waals surface area contributed by atoms with Crippen LogP contribution in [-0.2, 0) is 9.59 Å². The van der Waals surface area contributed by atoms with Gasteiger partial charge >= 0.3 is 12.2 Å². The number of nitrogens with one attached hydrogen (secondary N) is 1. The summed E-state index contributed by atoms with van der Waals surface area (Å²) in [5.41, 5.74) is -3.83. The van der Waals surface area contributed by atoms with E-state index in [0.29, 0.717) is 6.07 Å². The Kier molecular flexibility index (Phi) is 6.47. The van der Waals surface area contributed by atoms with Crippen LogP contribution >= 0.6 is 11.6 Å². The molecule has 176 valence electrons. The average molecular weight is 492 g/mol. The molecule has 2 heterocycles. The summed E-state index contributed by atoms with van der Waals surface area (Å²) >= 11 is 5.93. The van der Waals surface area contributed by atoms with Crippen molar-refractivity contribution in [2.75, 3.05) is 11.5 Å². The highest BCUT2D eigenvalue weighted by molar-refractivity contribution is 6.32. The Bertz CT molecular complexity index is 1110. The van der Waals surface area contributed by atoms with E-state index in [1.54, 1.807) is 6.07 Å². The molecule has 33 heavy (non-hydrogen) atoms. The van der Waals surface area contributed by atoms with E-state index in [1.807, 2.05) is 0 Å². The predicted molar refractivity (Wildman–Crippen MR) is 104 cm³/mol. The first-order valence-corrected chi connectivity index (χ1v) is 9.39. The van der Waals surface area contributed by atoms with Crippen LogP contribution < -0.4 is 19.7 Å². The summed E-state index contributed by atoms with van der Waals surface area (Å²) in [4.78, 5) is 39.2. The maximum Gasteiger partial charge on any atom is 0.437 e. The van der Waals surface area contributed by atoms with E-state index in [4.69, 9.17) is 21.1 Å². The number of ether oxygens (including phenoxy) is 2. The summed E-state index contributed by atoms with van der Waals surface area (Å²) < 4.78 is 64.2. The molecule has 1 aromatic heterocycles. The normalized spacial score (nSPS) is 18.7. The van der Waals surface area contributed by atoms with Gasteiger partial charge < -0.3 is 19.9 Å². The SMILES string of the molecule is CC(=O)COc1ccccc1Oc1nc(N2C(=O)CC(O)(C(F)(F)F)NC2=O)c(F)cc1Cl. The van der Waals surface area contributed by atoms with Crippen LogP contribution in [0.1, 0.15) is 13.3 Å². The van der Waals surface area contributed by atoms with Crippen LogP contribution in [0.25, 0.3) is 0 Å². The number of amides is 3. The van der Waals surface area contributed by atoms with Crippen molar-refractivity contribution in [3.63, 3.8) is 0 Å². The van der Waals surface area contributed by atoms with Gasteiger partial charge in [0.15, 0.2) is 28.9 Å². The molecule has 1 atom stereocenters. The highest BCUT2D eigenvalue weighted by Gasteiger charge is 2.60. The van der Waals surface area contributed by atoms with Crippen LogP contribution in [0.4, 0.5) is 28.2 Å². The zero-order valence-corrected chi connectivity index (χ0v) is 17.3. The molecule has 1 aliphatic rings. The minimum Gasteiger partial charge on any atom is -0.482 e. The first-order chi connectivity index (χ1) is 15.3.